The van der Waals surface area contributed by atoms with E-state index in [0.29, 0.717) is 18.8 Å². The van der Waals surface area contributed by atoms with Crippen LogP contribution in [0.3, 0.4) is 0 Å². The van der Waals surface area contributed by atoms with Gasteiger partial charge in [-0.05, 0) is 29.8 Å². The van der Waals surface area contributed by atoms with Gasteiger partial charge < -0.3 is 19.1 Å². The first-order valence-corrected chi connectivity index (χ1v) is 11.9. The van der Waals surface area contributed by atoms with Gasteiger partial charge in [0.15, 0.2) is 18.1 Å². The maximum Gasteiger partial charge on any atom is 0.312 e. The summed E-state index contributed by atoms with van der Waals surface area (Å²) in [5, 5.41) is 2.56. The standard InChI is InChI=1S/C24H24N4O5S/c29-22(14-31-23(30)12-18-15-34-24(26-18)19-3-1-2-6-25-19)28-9-7-27(8-10-28)13-17-4-5-20-21(11-17)33-16-32-20/h1-6,11,15H,7-10,12-14,16H2. The Morgan fingerprint density at radius 3 is 2.74 bits per heavy atom. The molecule has 0 saturated carbocycles. The predicted octanol–water partition coefficient (Wildman–Crippen LogP) is 2.36. The zero-order valence-corrected chi connectivity index (χ0v) is 19.3. The van der Waals surface area contributed by atoms with Gasteiger partial charge in [0.2, 0.25) is 6.79 Å². The number of piperazine rings is 1. The molecule has 10 heteroatoms. The van der Waals surface area contributed by atoms with Crippen LogP contribution in [0.15, 0.2) is 48.0 Å². The number of aromatic nitrogens is 2. The Labute approximate surface area is 200 Å². The summed E-state index contributed by atoms with van der Waals surface area (Å²) in [7, 11) is 0. The van der Waals surface area contributed by atoms with Gasteiger partial charge in [0.05, 0.1) is 17.8 Å². The smallest absolute Gasteiger partial charge is 0.312 e. The van der Waals surface area contributed by atoms with Crippen molar-refractivity contribution in [2.24, 2.45) is 0 Å². The number of fused-ring (bicyclic) bond motifs is 1. The highest BCUT2D eigenvalue weighted by molar-refractivity contribution is 7.13. The molecule has 0 aliphatic carbocycles. The van der Waals surface area contributed by atoms with E-state index in [0.717, 1.165) is 47.4 Å². The lowest BCUT2D eigenvalue weighted by molar-refractivity contribution is -0.152. The molecule has 2 aliphatic rings. The minimum absolute atomic E-state index is 0.0277. The largest absolute Gasteiger partial charge is 0.455 e. The molecule has 0 N–H and O–H groups in total. The fourth-order valence-electron chi connectivity index (χ4n) is 3.88. The molecular weight excluding hydrogens is 456 g/mol. The van der Waals surface area contributed by atoms with Gasteiger partial charge in [-0.3, -0.25) is 19.5 Å². The van der Waals surface area contributed by atoms with Gasteiger partial charge >= 0.3 is 5.97 Å². The van der Waals surface area contributed by atoms with Crippen LogP contribution in [0.2, 0.25) is 0 Å². The molecule has 0 atom stereocenters. The van der Waals surface area contributed by atoms with Crippen molar-refractivity contribution >= 4 is 23.2 Å². The molecule has 9 nitrogen and oxygen atoms in total. The molecule has 2 aliphatic heterocycles. The van der Waals surface area contributed by atoms with E-state index in [9.17, 15) is 9.59 Å². The molecule has 1 aromatic carbocycles. The van der Waals surface area contributed by atoms with Crippen molar-refractivity contribution in [1.82, 2.24) is 19.8 Å². The first-order valence-electron chi connectivity index (χ1n) is 11.0. The number of amides is 1. The van der Waals surface area contributed by atoms with Gasteiger partial charge in [0.1, 0.15) is 5.01 Å². The maximum absolute atomic E-state index is 12.5. The monoisotopic (exact) mass is 480 g/mol. The molecule has 3 aromatic rings. The molecule has 1 fully saturated rings. The van der Waals surface area contributed by atoms with E-state index < -0.39 is 5.97 Å². The van der Waals surface area contributed by atoms with Gasteiger partial charge in [0.25, 0.3) is 5.91 Å². The lowest BCUT2D eigenvalue weighted by Gasteiger charge is -2.34. The normalized spacial score (nSPS) is 15.4. The van der Waals surface area contributed by atoms with Gasteiger partial charge in [-0.2, -0.15) is 0 Å². The van der Waals surface area contributed by atoms with Crippen molar-refractivity contribution in [3.8, 4) is 22.2 Å². The summed E-state index contributed by atoms with van der Waals surface area (Å²) < 4.78 is 16.0. The van der Waals surface area contributed by atoms with Crippen molar-refractivity contribution in [2.45, 2.75) is 13.0 Å². The molecule has 2 aromatic heterocycles. The Morgan fingerprint density at radius 1 is 1.06 bits per heavy atom. The number of ether oxygens (including phenoxy) is 3. The summed E-state index contributed by atoms with van der Waals surface area (Å²) in [5.74, 6) is 0.909. The van der Waals surface area contributed by atoms with Crippen molar-refractivity contribution in [1.29, 1.82) is 0 Å². The van der Waals surface area contributed by atoms with Crippen LogP contribution in [-0.2, 0) is 27.3 Å². The third kappa shape index (κ3) is 5.35. The quantitative estimate of drug-likeness (QED) is 0.476. The van der Waals surface area contributed by atoms with Crippen molar-refractivity contribution < 1.29 is 23.8 Å². The maximum atomic E-state index is 12.5. The van der Waals surface area contributed by atoms with E-state index in [4.69, 9.17) is 14.2 Å². The van der Waals surface area contributed by atoms with Gasteiger partial charge in [0, 0.05) is 44.3 Å². The summed E-state index contributed by atoms with van der Waals surface area (Å²) in [5.41, 5.74) is 2.52. The number of carbonyl (C=O) groups is 2. The molecular formula is C24H24N4O5S. The van der Waals surface area contributed by atoms with E-state index in [1.54, 1.807) is 11.1 Å². The van der Waals surface area contributed by atoms with Crippen molar-refractivity contribution in [3.63, 3.8) is 0 Å². The molecule has 34 heavy (non-hydrogen) atoms. The summed E-state index contributed by atoms with van der Waals surface area (Å²) >= 11 is 1.42. The van der Waals surface area contributed by atoms with E-state index in [1.807, 2.05) is 41.8 Å². The third-order valence-electron chi connectivity index (χ3n) is 5.69. The van der Waals surface area contributed by atoms with E-state index in [-0.39, 0.29) is 25.7 Å². The Balaban J connectivity index is 1.04. The molecule has 1 amide bonds. The zero-order chi connectivity index (χ0) is 23.3. The van der Waals surface area contributed by atoms with E-state index >= 15 is 0 Å². The van der Waals surface area contributed by atoms with Gasteiger partial charge in [-0.1, -0.05) is 12.1 Å². The summed E-state index contributed by atoms with van der Waals surface area (Å²) in [6.45, 7) is 3.49. The van der Waals surface area contributed by atoms with Crippen molar-refractivity contribution in [2.75, 3.05) is 39.6 Å². The molecule has 4 heterocycles. The molecule has 0 spiro atoms. The molecule has 0 radical (unpaired) electrons. The SMILES string of the molecule is O=C(Cc1csc(-c2ccccn2)n1)OCC(=O)N1CCN(Cc2ccc3c(c2)OCO3)CC1. The number of carbonyl (C=O) groups excluding carboxylic acids is 2. The van der Waals surface area contributed by atoms with Crippen LogP contribution >= 0.6 is 11.3 Å². The second-order valence-electron chi connectivity index (χ2n) is 8.04. The van der Waals surface area contributed by atoms with Gasteiger partial charge in [-0.25, -0.2) is 4.98 Å². The van der Waals surface area contributed by atoms with E-state index in [2.05, 4.69) is 14.9 Å². The molecule has 0 unspecified atom stereocenters. The fraction of sp³-hybridized carbons (Fsp3) is 0.333. The highest BCUT2D eigenvalue weighted by Gasteiger charge is 2.23. The highest BCUT2D eigenvalue weighted by Crippen LogP contribution is 2.32. The highest BCUT2D eigenvalue weighted by atomic mass is 32.1. The summed E-state index contributed by atoms with van der Waals surface area (Å²) in [6.07, 6.45) is 1.73. The summed E-state index contributed by atoms with van der Waals surface area (Å²) in [4.78, 5) is 37.5. The van der Waals surface area contributed by atoms with Crippen LogP contribution < -0.4 is 9.47 Å². The Bertz CT molecular complexity index is 1160. The topological polar surface area (TPSA) is 94.1 Å². The molecule has 5 rings (SSSR count). The van der Waals surface area contributed by atoms with E-state index in [1.165, 1.54) is 11.3 Å². The van der Waals surface area contributed by atoms with Crippen molar-refractivity contribution in [3.05, 3.63) is 59.2 Å². The molecule has 176 valence electrons. The van der Waals surface area contributed by atoms with Crippen LogP contribution in [0.5, 0.6) is 11.5 Å². The lowest BCUT2D eigenvalue weighted by atomic mass is 10.1. The first kappa shape index (κ1) is 22.3. The number of thiazole rings is 1. The number of benzene rings is 1. The number of hydrogen-bond donors (Lipinski definition) is 0. The number of hydrogen-bond acceptors (Lipinski definition) is 9. The minimum Gasteiger partial charge on any atom is -0.455 e. The van der Waals surface area contributed by atoms with Crippen LogP contribution in [0.25, 0.3) is 10.7 Å². The van der Waals surface area contributed by atoms with Crippen LogP contribution in [-0.4, -0.2) is 71.2 Å². The van der Waals surface area contributed by atoms with Crippen LogP contribution in [0.4, 0.5) is 0 Å². The number of nitrogens with zero attached hydrogens (tertiary/aromatic N) is 4. The number of esters is 1. The molecule has 0 bridgehead atoms. The Hall–Kier alpha value is -3.50. The average Bonchev–Trinajstić information content (AvgIpc) is 3.53. The lowest BCUT2D eigenvalue weighted by Crippen LogP contribution is -2.49. The fourth-order valence-corrected chi connectivity index (χ4v) is 4.68. The second kappa shape index (κ2) is 10.2. The first-order chi connectivity index (χ1) is 16.6. The zero-order valence-electron chi connectivity index (χ0n) is 18.5. The van der Waals surface area contributed by atoms with Crippen LogP contribution in [0.1, 0.15) is 11.3 Å². The third-order valence-corrected chi connectivity index (χ3v) is 6.60. The second-order valence-corrected chi connectivity index (χ2v) is 8.90. The minimum atomic E-state index is -0.465. The number of pyridine rings is 1. The van der Waals surface area contributed by atoms with Gasteiger partial charge in [-0.15, -0.1) is 11.3 Å². The Kier molecular flexibility index (Phi) is 6.68. The Morgan fingerprint density at radius 2 is 1.91 bits per heavy atom. The predicted molar refractivity (Wildman–Crippen MR) is 124 cm³/mol. The summed E-state index contributed by atoms with van der Waals surface area (Å²) in [6, 6.07) is 11.6. The molecule has 1 saturated heterocycles. The van der Waals surface area contributed by atoms with Crippen LogP contribution in [0, 0.1) is 0 Å². The average molecular weight is 481 g/mol. The number of rotatable bonds is 7.